The van der Waals surface area contributed by atoms with Crippen molar-refractivity contribution in [1.82, 2.24) is 0 Å². The largest absolute Gasteiger partial charge is 0.481 e. The molecule has 0 saturated heterocycles. The Hall–Kier alpha value is -0.706. The number of carboxylic acid groups (broad SMARTS) is 1. The second-order valence-electron chi connectivity index (χ2n) is 10.8. The molecule has 0 radical (unpaired) electrons. The van der Waals surface area contributed by atoms with Crippen LogP contribution in [0.25, 0.3) is 0 Å². The van der Waals surface area contributed by atoms with E-state index in [0.29, 0.717) is 26.1 Å². The summed E-state index contributed by atoms with van der Waals surface area (Å²) in [7, 11) is -3.68. The normalized spacial score (nSPS) is 14.6. The Balaban J connectivity index is 4.34. The fourth-order valence-electron chi connectivity index (χ4n) is 2.05. The van der Waals surface area contributed by atoms with Crippen LogP contribution in [0.3, 0.4) is 0 Å². The molecule has 0 spiro atoms. The number of carboxylic acids is 1. The Kier molecular flexibility index (Phi) is 10.8. The van der Waals surface area contributed by atoms with Crippen LogP contribution in [0.15, 0.2) is 0 Å². The van der Waals surface area contributed by atoms with Crippen molar-refractivity contribution in [3.8, 4) is 0 Å². The second-order valence-corrected chi connectivity index (χ2v) is 20.4. The average Bonchev–Trinajstić information content (AvgIpc) is 2.51. The molecule has 1 N–H and O–H groups in total. The molecular formula is C21H44O6Si2. The first kappa shape index (κ1) is 28.3. The van der Waals surface area contributed by atoms with Gasteiger partial charge in [0.1, 0.15) is 0 Å². The molecule has 6 nitrogen and oxygen atoms in total. The van der Waals surface area contributed by atoms with E-state index in [4.69, 9.17) is 13.6 Å². The van der Waals surface area contributed by atoms with E-state index in [1.165, 1.54) is 0 Å². The summed E-state index contributed by atoms with van der Waals surface area (Å²) < 4.78 is 17.3. The first-order valence-electron chi connectivity index (χ1n) is 10.6. The minimum Gasteiger partial charge on any atom is -0.481 e. The Bertz CT molecular complexity index is 532. The molecule has 0 saturated carbocycles. The van der Waals surface area contributed by atoms with Crippen LogP contribution in [-0.2, 0) is 23.2 Å². The van der Waals surface area contributed by atoms with E-state index in [1.807, 2.05) is 0 Å². The van der Waals surface area contributed by atoms with Crippen LogP contribution in [0.2, 0.25) is 36.3 Å². The number of hydrogen-bond donors (Lipinski definition) is 1. The lowest BCUT2D eigenvalue weighted by Crippen LogP contribution is -2.41. The molecule has 0 fully saturated rings. The summed E-state index contributed by atoms with van der Waals surface area (Å²) in [5, 5.41) is 9.61. The summed E-state index contributed by atoms with van der Waals surface area (Å²) >= 11 is 0. The molecule has 0 rings (SSSR count). The number of esters is 1. The van der Waals surface area contributed by atoms with Crippen molar-refractivity contribution in [3.63, 3.8) is 0 Å². The third kappa shape index (κ3) is 9.76. The van der Waals surface area contributed by atoms with Gasteiger partial charge in [-0.05, 0) is 49.1 Å². The van der Waals surface area contributed by atoms with Crippen LogP contribution in [0.1, 0.15) is 60.8 Å². The van der Waals surface area contributed by atoms with Gasteiger partial charge in [-0.3, -0.25) is 9.59 Å². The van der Waals surface area contributed by atoms with Crippen molar-refractivity contribution in [1.29, 1.82) is 0 Å². The number of aliphatic carboxylic acids is 1. The molecule has 172 valence electrons. The monoisotopic (exact) mass is 448 g/mol. The Labute approximate surface area is 180 Å². The number of carbonyl (C=O) groups excluding carboxylic acids is 1. The maximum atomic E-state index is 12.2. The first-order valence-corrected chi connectivity index (χ1v) is 16.4. The number of carbonyl (C=O) groups is 2. The van der Waals surface area contributed by atoms with Crippen molar-refractivity contribution < 1.29 is 28.3 Å². The highest BCUT2D eigenvalue weighted by Crippen LogP contribution is 2.37. The summed E-state index contributed by atoms with van der Waals surface area (Å²) in [6.45, 7) is 22.8. The molecule has 0 aromatic heterocycles. The van der Waals surface area contributed by atoms with Crippen molar-refractivity contribution in [2.75, 3.05) is 19.8 Å². The van der Waals surface area contributed by atoms with Gasteiger partial charge in [0, 0.05) is 19.6 Å². The highest BCUT2D eigenvalue weighted by atomic mass is 28.4. The molecule has 29 heavy (non-hydrogen) atoms. The fourth-order valence-corrected chi connectivity index (χ4v) is 4.22. The van der Waals surface area contributed by atoms with Crippen LogP contribution < -0.4 is 0 Å². The predicted molar refractivity (Wildman–Crippen MR) is 122 cm³/mol. The van der Waals surface area contributed by atoms with E-state index in [0.717, 1.165) is 0 Å². The summed E-state index contributed by atoms with van der Waals surface area (Å²) in [5.41, 5.74) is 0. The quantitative estimate of drug-likeness (QED) is 0.185. The van der Waals surface area contributed by atoms with E-state index in [1.54, 1.807) is 0 Å². The highest BCUT2D eigenvalue weighted by Gasteiger charge is 2.38. The van der Waals surface area contributed by atoms with Gasteiger partial charge in [-0.15, -0.1) is 0 Å². The molecule has 0 aromatic carbocycles. The fraction of sp³-hybridized carbons (Fsp3) is 0.905. The molecule has 0 aliphatic rings. The lowest BCUT2D eigenvalue weighted by molar-refractivity contribution is -0.159. The average molecular weight is 449 g/mol. The van der Waals surface area contributed by atoms with Gasteiger partial charge < -0.3 is 18.7 Å². The van der Waals surface area contributed by atoms with Crippen LogP contribution >= 0.6 is 0 Å². The standard InChI is InChI=1S/C21H44O6Si2/c1-20(2,3)28(7,8)26-15-11-13-17(18(22)23)19(24)25-14-12-16-27-29(9,10)21(4,5)6/h17H,11-16H2,1-10H3,(H,22,23). The van der Waals surface area contributed by atoms with Gasteiger partial charge in [0.05, 0.1) is 6.61 Å². The molecule has 0 heterocycles. The maximum absolute atomic E-state index is 12.2. The summed E-state index contributed by atoms with van der Waals surface area (Å²) in [6.07, 6.45) is 1.31. The number of hydrogen-bond acceptors (Lipinski definition) is 5. The highest BCUT2D eigenvalue weighted by molar-refractivity contribution is 6.74. The molecule has 1 unspecified atom stereocenters. The van der Waals surface area contributed by atoms with Gasteiger partial charge in [0.2, 0.25) is 0 Å². The van der Waals surface area contributed by atoms with Crippen molar-refractivity contribution >= 4 is 28.6 Å². The number of rotatable bonds is 12. The molecule has 1 atom stereocenters. The zero-order chi connectivity index (χ0) is 23.1. The van der Waals surface area contributed by atoms with Crippen molar-refractivity contribution in [2.24, 2.45) is 5.92 Å². The predicted octanol–water partition coefficient (Wildman–Crippen LogP) is 5.44. The molecule has 0 aliphatic carbocycles. The smallest absolute Gasteiger partial charge is 0.320 e. The van der Waals surface area contributed by atoms with E-state index in [2.05, 4.69) is 67.7 Å². The second kappa shape index (κ2) is 11.1. The topological polar surface area (TPSA) is 82.1 Å². The SMILES string of the molecule is CC(C)(C)[Si](C)(C)OCCCOC(=O)C(CCCO[Si](C)(C)C(C)(C)C)C(=O)O. The molecule has 0 amide bonds. The number of ether oxygens (including phenoxy) is 1. The van der Waals surface area contributed by atoms with E-state index >= 15 is 0 Å². The van der Waals surface area contributed by atoms with E-state index in [9.17, 15) is 14.7 Å². The van der Waals surface area contributed by atoms with Gasteiger partial charge >= 0.3 is 11.9 Å². The lowest BCUT2D eigenvalue weighted by atomic mass is 10.0. The van der Waals surface area contributed by atoms with Gasteiger partial charge in [-0.1, -0.05) is 41.5 Å². The third-order valence-corrected chi connectivity index (χ3v) is 15.4. The van der Waals surface area contributed by atoms with Crippen LogP contribution in [0.5, 0.6) is 0 Å². The van der Waals surface area contributed by atoms with Crippen molar-refractivity contribution in [2.45, 2.75) is 97.1 Å². The molecule has 0 aliphatic heterocycles. The van der Waals surface area contributed by atoms with Gasteiger partial charge in [0.25, 0.3) is 0 Å². The Morgan fingerprint density at radius 3 is 1.59 bits per heavy atom. The zero-order valence-corrected chi connectivity index (χ0v) is 22.3. The van der Waals surface area contributed by atoms with Gasteiger partial charge in [-0.2, -0.15) is 0 Å². The minimum atomic E-state index is -1.86. The Morgan fingerprint density at radius 1 is 0.793 bits per heavy atom. The van der Waals surface area contributed by atoms with Gasteiger partial charge in [-0.25, -0.2) is 0 Å². The van der Waals surface area contributed by atoms with E-state index < -0.39 is 34.5 Å². The maximum Gasteiger partial charge on any atom is 0.320 e. The zero-order valence-electron chi connectivity index (χ0n) is 20.3. The Morgan fingerprint density at radius 2 is 1.21 bits per heavy atom. The van der Waals surface area contributed by atoms with Crippen LogP contribution in [0.4, 0.5) is 0 Å². The third-order valence-electron chi connectivity index (χ3n) is 6.29. The summed E-state index contributed by atoms with van der Waals surface area (Å²) in [6, 6.07) is 0. The lowest BCUT2D eigenvalue weighted by Gasteiger charge is -2.36. The van der Waals surface area contributed by atoms with Gasteiger partial charge in [0.15, 0.2) is 22.6 Å². The van der Waals surface area contributed by atoms with Crippen LogP contribution in [0, 0.1) is 5.92 Å². The van der Waals surface area contributed by atoms with Crippen LogP contribution in [-0.4, -0.2) is 53.5 Å². The summed E-state index contributed by atoms with van der Waals surface area (Å²) in [5.74, 6) is -2.95. The molecular weight excluding hydrogens is 404 g/mol. The van der Waals surface area contributed by atoms with E-state index in [-0.39, 0.29) is 23.1 Å². The molecule has 0 bridgehead atoms. The molecule has 0 aromatic rings. The van der Waals surface area contributed by atoms with Crippen molar-refractivity contribution in [3.05, 3.63) is 0 Å². The molecule has 8 heteroatoms. The summed E-state index contributed by atoms with van der Waals surface area (Å²) in [4.78, 5) is 23.7. The minimum absolute atomic E-state index is 0.102. The first-order chi connectivity index (χ1) is 12.9.